The highest BCUT2D eigenvalue weighted by Gasteiger charge is 2.41. The Kier molecular flexibility index (Phi) is 3.90. The van der Waals surface area contributed by atoms with E-state index in [1.807, 2.05) is 4.90 Å². The number of nitrogens with zero attached hydrogens (tertiary/aromatic N) is 1. The molecule has 3 heterocycles. The van der Waals surface area contributed by atoms with Crippen molar-refractivity contribution in [2.75, 3.05) is 43.2 Å². The highest BCUT2D eigenvalue weighted by Crippen LogP contribution is 2.42. The van der Waals surface area contributed by atoms with Crippen LogP contribution in [0.25, 0.3) is 5.57 Å². The van der Waals surface area contributed by atoms with E-state index in [4.69, 9.17) is 9.47 Å². The molecule has 1 saturated carbocycles. The number of carbonyl (C=O) groups excluding carboxylic acids is 1. The van der Waals surface area contributed by atoms with E-state index >= 15 is 0 Å². The summed E-state index contributed by atoms with van der Waals surface area (Å²) in [7, 11) is 0. The van der Waals surface area contributed by atoms with Gasteiger partial charge in [0.2, 0.25) is 0 Å². The summed E-state index contributed by atoms with van der Waals surface area (Å²) in [4.78, 5) is 15.2. The first-order valence-corrected chi connectivity index (χ1v) is 9.59. The molecule has 1 aromatic carbocycles. The fourth-order valence-corrected chi connectivity index (χ4v) is 4.04. The summed E-state index contributed by atoms with van der Waals surface area (Å²) < 4.78 is 10.9. The topological polar surface area (TPSA) is 62.8 Å². The Morgan fingerprint density at radius 3 is 2.77 bits per heavy atom. The van der Waals surface area contributed by atoms with Gasteiger partial charge in [-0.25, -0.2) is 0 Å². The zero-order valence-corrected chi connectivity index (χ0v) is 15.1. The van der Waals surface area contributed by atoms with Gasteiger partial charge >= 0.3 is 0 Å². The summed E-state index contributed by atoms with van der Waals surface area (Å²) >= 11 is 0. The van der Waals surface area contributed by atoms with Gasteiger partial charge in [-0.2, -0.15) is 0 Å². The van der Waals surface area contributed by atoms with Gasteiger partial charge in [-0.1, -0.05) is 0 Å². The van der Waals surface area contributed by atoms with E-state index in [0.29, 0.717) is 32.5 Å². The monoisotopic (exact) mass is 355 g/mol. The molecule has 0 bridgehead atoms. The molecular weight excluding hydrogens is 330 g/mol. The van der Waals surface area contributed by atoms with Crippen molar-refractivity contribution in [1.29, 1.82) is 0 Å². The van der Waals surface area contributed by atoms with Crippen molar-refractivity contribution in [1.82, 2.24) is 5.32 Å². The lowest BCUT2D eigenvalue weighted by molar-refractivity contribution is -0.115. The summed E-state index contributed by atoms with van der Waals surface area (Å²) in [5, 5.41) is 6.99. The predicted octanol–water partition coefficient (Wildman–Crippen LogP) is 1.97. The second-order valence-corrected chi connectivity index (χ2v) is 7.70. The van der Waals surface area contributed by atoms with Gasteiger partial charge in [0.15, 0.2) is 0 Å². The molecule has 0 spiro atoms. The van der Waals surface area contributed by atoms with Crippen LogP contribution in [0.5, 0.6) is 0 Å². The van der Waals surface area contributed by atoms with Crippen LogP contribution in [0.1, 0.15) is 25.3 Å². The Morgan fingerprint density at radius 2 is 2.12 bits per heavy atom. The molecule has 2 N–H and O–H groups in total. The molecule has 138 valence electrons. The van der Waals surface area contributed by atoms with Gasteiger partial charge in [0.05, 0.1) is 49.4 Å². The van der Waals surface area contributed by atoms with Crippen LogP contribution in [-0.4, -0.2) is 51.0 Å². The largest absolute Gasteiger partial charge is 0.383 e. The third kappa shape index (κ3) is 2.68. The molecule has 6 heteroatoms. The minimum Gasteiger partial charge on any atom is -0.383 e. The SMILES string of the molecule is CC(Nc1ccc2c(c1)/C(=C1\COCCN1)C(=O)N2C1COC1)C1CC1. The van der Waals surface area contributed by atoms with Crippen LogP contribution in [0.3, 0.4) is 0 Å². The number of benzene rings is 1. The average molecular weight is 355 g/mol. The Labute approximate surface area is 153 Å². The van der Waals surface area contributed by atoms with Crippen LogP contribution in [0.15, 0.2) is 23.9 Å². The average Bonchev–Trinajstić information content (AvgIpc) is 3.41. The first-order valence-electron chi connectivity index (χ1n) is 9.59. The van der Waals surface area contributed by atoms with E-state index in [1.165, 1.54) is 12.8 Å². The lowest BCUT2D eigenvalue weighted by Gasteiger charge is -2.34. The van der Waals surface area contributed by atoms with Crippen LogP contribution >= 0.6 is 0 Å². The number of hydrogen-bond donors (Lipinski definition) is 2. The highest BCUT2D eigenvalue weighted by molar-refractivity contribution is 6.33. The normalized spacial score (nSPS) is 27.0. The van der Waals surface area contributed by atoms with Crippen LogP contribution in [-0.2, 0) is 14.3 Å². The van der Waals surface area contributed by atoms with Crippen LogP contribution in [0, 0.1) is 5.92 Å². The number of ether oxygens (including phenoxy) is 2. The van der Waals surface area contributed by atoms with E-state index in [-0.39, 0.29) is 11.9 Å². The molecule has 1 amide bonds. The van der Waals surface area contributed by atoms with E-state index in [0.717, 1.165) is 40.7 Å². The number of fused-ring (bicyclic) bond motifs is 1. The van der Waals surface area contributed by atoms with Crippen molar-refractivity contribution < 1.29 is 14.3 Å². The second kappa shape index (κ2) is 6.28. The van der Waals surface area contributed by atoms with E-state index in [2.05, 4.69) is 35.8 Å². The van der Waals surface area contributed by atoms with E-state index in [9.17, 15) is 4.79 Å². The highest BCUT2D eigenvalue weighted by atomic mass is 16.5. The lowest BCUT2D eigenvalue weighted by Crippen LogP contribution is -2.50. The third-order valence-corrected chi connectivity index (χ3v) is 5.80. The zero-order valence-electron chi connectivity index (χ0n) is 15.1. The summed E-state index contributed by atoms with van der Waals surface area (Å²) in [6.45, 7) is 5.34. The minimum atomic E-state index is 0.0636. The van der Waals surface area contributed by atoms with Gasteiger partial charge in [-0.15, -0.1) is 0 Å². The fourth-order valence-electron chi connectivity index (χ4n) is 4.04. The Hall–Kier alpha value is -2.05. The molecule has 0 aromatic heterocycles. The maximum atomic E-state index is 13.2. The summed E-state index contributed by atoms with van der Waals surface area (Å²) in [5.41, 5.74) is 4.73. The summed E-state index contributed by atoms with van der Waals surface area (Å²) in [5.74, 6) is 0.841. The molecule has 0 radical (unpaired) electrons. The van der Waals surface area contributed by atoms with E-state index < -0.39 is 0 Å². The van der Waals surface area contributed by atoms with Crippen LogP contribution < -0.4 is 15.5 Å². The smallest absolute Gasteiger partial charge is 0.261 e. The molecule has 1 unspecified atom stereocenters. The summed E-state index contributed by atoms with van der Waals surface area (Å²) in [6, 6.07) is 6.90. The molecule has 1 atom stereocenters. The maximum absolute atomic E-state index is 13.2. The van der Waals surface area contributed by atoms with Crippen molar-refractivity contribution in [2.45, 2.75) is 31.8 Å². The van der Waals surface area contributed by atoms with Gasteiger partial charge in [-0.05, 0) is 43.9 Å². The standard InChI is InChI=1S/C20H25N3O3/c1-12(13-2-3-13)22-14-4-5-18-16(8-14)19(17-11-25-7-6-21-17)20(24)23(18)15-9-26-10-15/h4-5,8,12-13,15,21-22H,2-3,6-7,9-11H2,1H3/b19-17-. The van der Waals surface area contributed by atoms with Gasteiger partial charge in [0.1, 0.15) is 0 Å². The van der Waals surface area contributed by atoms with Gasteiger partial charge in [0.25, 0.3) is 5.91 Å². The van der Waals surface area contributed by atoms with Gasteiger partial charge in [0, 0.05) is 23.8 Å². The van der Waals surface area contributed by atoms with Crippen molar-refractivity contribution in [3.8, 4) is 0 Å². The third-order valence-electron chi connectivity index (χ3n) is 5.80. The minimum absolute atomic E-state index is 0.0636. The van der Waals surface area contributed by atoms with E-state index in [1.54, 1.807) is 0 Å². The molecule has 4 aliphatic rings. The molecule has 3 aliphatic heterocycles. The molecule has 3 fully saturated rings. The Morgan fingerprint density at radius 1 is 1.27 bits per heavy atom. The quantitative estimate of drug-likeness (QED) is 0.809. The first-order chi connectivity index (χ1) is 12.7. The number of amides is 1. The molecule has 1 aliphatic carbocycles. The van der Waals surface area contributed by atoms with Crippen molar-refractivity contribution in [2.24, 2.45) is 5.92 Å². The molecule has 1 aromatic rings. The van der Waals surface area contributed by atoms with Crippen molar-refractivity contribution >= 4 is 22.9 Å². The molecule has 26 heavy (non-hydrogen) atoms. The zero-order chi connectivity index (χ0) is 17.7. The summed E-state index contributed by atoms with van der Waals surface area (Å²) in [6.07, 6.45) is 2.62. The fraction of sp³-hybridized carbons (Fsp3) is 0.550. The Balaban J connectivity index is 1.53. The predicted molar refractivity (Wildman–Crippen MR) is 100 cm³/mol. The number of anilines is 2. The number of carbonyl (C=O) groups is 1. The number of rotatable bonds is 4. The molecular formula is C20H25N3O3. The Bertz CT molecular complexity index is 760. The van der Waals surface area contributed by atoms with Crippen molar-refractivity contribution in [3.63, 3.8) is 0 Å². The maximum Gasteiger partial charge on any atom is 0.261 e. The number of morpholine rings is 1. The van der Waals surface area contributed by atoms with Crippen LogP contribution in [0.2, 0.25) is 0 Å². The van der Waals surface area contributed by atoms with Crippen LogP contribution in [0.4, 0.5) is 11.4 Å². The van der Waals surface area contributed by atoms with Gasteiger partial charge < -0.3 is 20.1 Å². The molecule has 5 rings (SSSR count). The second-order valence-electron chi connectivity index (χ2n) is 7.70. The first kappa shape index (κ1) is 16.1. The molecule has 2 saturated heterocycles. The number of hydrogen-bond acceptors (Lipinski definition) is 5. The number of nitrogens with one attached hydrogen (secondary N) is 2. The van der Waals surface area contributed by atoms with Gasteiger partial charge in [-0.3, -0.25) is 9.69 Å². The molecule has 6 nitrogen and oxygen atoms in total. The van der Waals surface area contributed by atoms with Crippen molar-refractivity contribution in [3.05, 3.63) is 29.5 Å². The lowest BCUT2D eigenvalue weighted by atomic mass is 10.0.